The number of ether oxygens (including phenoxy) is 2. The highest BCUT2D eigenvalue weighted by molar-refractivity contribution is 5.67. The highest BCUT2D eigenvalue weighted by atomic mass is 19.4. The minimum Gasteiger partial charge on any atom is -0.491 e. The summed E-state index contributed by atoms with van der Waals surface area (Å²) in [4.78, 5) is 13.0. The van der Waals surface area contributed by atoms with Crippen molar-refractivity contribution in [1.82, 2.24) is 0 Å². The third-order valence-electron chi connectivity index (χ3n) is 6.29. The number of carboxylic acid groups (broad SMARTS) is 1. The molecule has 8 heteroatoms. The Kier molecular flexibility index (Phi) is 6.72. The maximum atomic E-state index is 12.7. The van der Waals surface area contributed by atoms with E-state index in [2.05, 4.69) is 9.64 Å². The van der Waals surface area contributed by atoms with E-state index in [0.29, 0.717) is 11.4 Å². The van der Waals surface area contributed by atoms with E-state index in [4.69, 9.17) is 9.84 Å². The minimum atomic E-state index is -4.76. The average molecular weight is 429 g/mol. The number of benzene rings is 1. The number of rotatable bonds is 6. The van der Waals surface area contributed by atoms with Gasteiger partial charge in [0.2, 0.25) is 0 Å². The summed E-state index contributed by atoms with van der Waals surface area (Å²) in [5.74, 6) is -0.384. The van der Waals surface area contributed by atoms with Crippen LogP contribution in [0.4, 0.5) is 18.9 Å². The van der Waals surface area contributed by atoms with Crippen molar-refractivity contribution < 1.29 is 32.5 Å². The Bertz CT molecular complexity index is 732. The first-order valence-corrected chi connectivity index (χ1v) is 10.6. The van der Waals surface area contributed by atoms with Crippen LogP contribution in [0.3, 0.4) is 0 Å². The largest absolute Gasteiger partial charge is 0.573 e. The Morgan fingerprint density at radius 1 is 1.13 bits per heavy atom. The molecular weight excluding hydrogens is 399 g/mol. The van der Waals surface area contributed by atoms with Crippen LogP contribution >= 0.6 is 0 Å². The number of hydrogen-bond donors (Lipinski definition) is 1. The summed E-state index contributed by atoms with van der Waals surface area (Å²) in [5, 5.41) is 9.00. The van der Waals surface area contributed by atoms with Crippen LogP contribution in [0.15, 0.2) is 18.2 Å². The van der Waals surface area contributed by atoms with Crippen molar-refractivity contribution >= 4 is 11.7 Å². The van der Waals surface area contributed by atoms with Gasteiger partial charge in [0.15, 0.2) is 0 Å². The molecule has 30 heavy (non-hydrogen) atoms. The second kappa shape index (κ2) is 8.94. The first kappa shape index (κ1) is 22.6. The molecule has 1 aromatic rings. The van der Waals surface area contributed by atoms with Crippen molar-refractivity contribution in [3.05, 3.63) is 18.2 Å². The van der Waals surface area contributed by atoms with Gasteiger partial charge < -0.3 is 19.5 Å². The highest BCUT2D eigenvalue weighted by Crippen LogP contribution is 2.48. The second-order valence-corrected chi connectivity index (χ2v) is 8.91. The predicted octanol–water partition coefficient (Wildman–Crippen LogP) is 5.62. The molecule has 1 saturated carbocycles. The third-order valence-corrected chi connectivity index (χ3v) is 6.29. The number of carboxylic acids is 1. The lowest BCUT2D eigenvalue weighted by molar-refractivity contribution is -0.274. The van der Waals surface area contributed by atoms with E-state index in [1.807, 2.05) is 13.8 Å². The topological polar surface area (TPSA) is 59.0 Å². The zero-order chi connectivity index (χ0) is 21.9. The van der Waals surface area contributed by atoms with E-state index >= 15 is 0 Å². The average Bonchev–Trinajstić information content (AvgIpc) is 2.62. The molecule has 0 unspecified atom stereocenters. The maximum Gasteiger partial charge on any atom is 0.573 e. The summed E-state index contributed by atoms with van der Waals surface area (Å²) in [6.07, 6.45) is 1.16. The van der Waals surface area contributed by atoms with Gasteiger partial charge in [0.25, 0.3) is 0 Å². The summed E-state index contributed by atoms with van der Waals surface area (Å²) in [6, 6.07) is 4.46. The summed E-state index contributed by atoms with van der Waals surface area (Å²) in [5.41, 5.74) is 0.893. The molecular formula is C22H30F3NO4. The van der Waals surface area contributed by atoms with Crippen LogP contribution in [0.2, 0.25) is 0 Å². The number of anilines is 1. The first-order valence-electron chi connectivity index (χ1n) is 10.6. The van der Waals surface area contributed by atoms with Crippen molar-refractivity contribution in [3.63, 3.8) is 0 Å². The molecule has 2 fully saturated rings. The molecule has 5 nitrogen and oxygen atoms in total. The van der Waals surface area contributed by atoms with E-state index in [0.717, 1.165) is 51.6 Å². The fourth-order valence-corrected chi connectivity index (χ4v) is 4.75. The number of hydrogen-bond acceptors (Lipinski definition) is 4. The predicted molar refractivity (Wildman–Crippen MR) is 107 cm³/mol. The number of alkyl halides is 3. The van der Waals surface area contributed by atoms with Crippen LogP contribution in [-0.2, 0) is 4.79 Å². The number of halogens is 3. The first-order chi connectivity index (χ1) is 14.0. The molecule has 1 saturated heterocycles. The van der Waals surface area contributed by atoms with E-state index in [1.54, 1.807) is 6.07 Å². The normalized spacial score (nSPS) is 19.9. The van der Waals surface area contributed by atoms with Gasteiger partial charge in [0.1, 0.15) is 11.5 Å². The van der Waals surface area contributed by atoms with Gasteiger partial charge >= 0.3 is 12.3 Å². The van der Waals surface area contributed by atoms with Gasteiger partial charge in [0.05, 0.1) is 6.10 Å². The molecule has 1 N–H and O–H groups in total. The van der Waals surface area contributed by atoms with Gasteiger partial charge in [-0.05, 0) is 63.7 Å². The number of carbonyl (C=O) groups is 1. The summed E-state index contributed by atoms with van der Waals surface area (Å²) >= 11 is 0. The van der Waals surface area contributed by atoms with E-state index in [-0.39, 0.29) is 29.6 Å². The molecule has 0 bridgehead atoms. The van der Waals surface area contributed by atoms with Crippen molar-refractivity contribution in [3.8, 4) is 11.5 Å². The van der Waals surface area contributed by atoms with Gasteiger partial charge in [-0.15, -0.1) is 13.2 Å². The Morgan fingerprint density at radius 2 is 1.73 bits per heavy atom. The molecule has 1 aromatic carbocycles. The quantitative estimate of drug-likeness (QED) is 0.636. The Labute approximate surface area is 175 Å². The zero-order valence-corrected chi connectivity index (χ0v) is 17.5. The van der Waals surface area contributed by atoms with Crippen LogP contribution in [0.1, 0.15) is 58.8 Å². The lowest BCUT2D eigenvalue weighted by atomic mass is 9.65. The number of nitrogens with zero attached hydrogens (tertiary/aromatic N) is 1. The van der Waals surface area contributed by atoms with Crippen molar-refractivity contribution in [1.29, 1.82) is 0 Å². The van der Waals surface area contributed by atoms with E-state index < -0.39 is 12.3 Å². The summed E-state index contributed by atoms with van der Waals surface area (Å²) in [6.45, 7) is 5.14. The maximum absolute atomic E-state index is 12.7. The number of aliphatic carboxylic acids is 1. The molecule has 0 atom stereocenters. The molecule has 0 amide bonds. The van der Waals surface area contributed by atoms with Crippen molar-refractivity contribution in [2.45, 2.75) is 71.3 Å². The van der Waals surface area contributed by atoms with Crippen LogP contribution in [0.25, 0.3) is 0 Å². The molecule has 0 radical (unpaired) electrons. The second-order valence-electron chi connectivity index (χ2n) is 8.91. The molecule has 1 aliphatic heterocycles. The molecule has 168 valence electrons. The van der Waals surface area contributed by atoms with Gasteiger partial charge in [-0.3, -0.25) is 4.79 Å². The number of piperidine rings is 1. The van der Waals surface area contributed by atoms with Gasteiger partial charge in [-0.25, -0.2) is 0 Å². The standard InChI is InChI=1S/C22H30F3NO4/c1-15(2)29-18-12-17(13-19(14-18)30-22(23,24)25)26-9-7-21(8-10-26)5-3-16(4-6-21)11-20(27)28/h12-16H,3-11H2,1-2H3,(H,27,28). The summed E-state index contributed by atoms with van der Waals surface area (Å²) < 4.78 is 48.0. The Morgan fingerprint density at radius 3 is 2.27 bits per heavy atom. The van der Waals surface area contributed by atoms with Crippen molar-refractivity contribution in [2.75, 3.05) is 18.0 Å². The molecule has 2 aliphatic rings. The highest BCUT2D eigenvalue weighted by Gasteiger charge is 2.39. The van der Waals surface area contributed by atoms with Crippen LogP contribution in [0.5, 0.6) is 11.5 Å². The zero-order valence-electron chi connectivity index (χ0n) is 17.5. The lowest BCUT2D eigenvalue weighted by Gasteiger charge is -2.46. The van der Waals surface area contributed by atoms with Gasteiger partial charge in [-0.1, -0.05) is 0 Å². The fraction of sp³-hybridized carbons (Fsp3) is 0.682. The summed E-state index contributed by atoms with van der Waals surface area (Å²) in [7, 11) is 0. The lowest BCUT2D eigenvalue weighted by Crippen LogP contribution is -2.42. The monoisotopic (exact) mass is 429 g/mol. The minimum absolute atomic E-state index is 0.162. The van der Waals surface area contributed by atoms with Gasteiger partial charge in [0, 0.05) is 43.4 Å². The van der Waals surface area contributed by atoms with Crippen LogP contribution in [0, 0.1) is 11.3 Å². The Balaban J connectivity index is 1.67. The molecule has 0 aromatic heterocycles. The van der Waals surface area contributed by atoms with Crippen molar-refractivity contribution in [2.24, 2.45) is 11.3 Å². The van der Waals surface area contributed by atoms with E-state index in [1.165, 1.54) is 12.1 Å². The van der Waals surface area contributed by atoms with E-state index in [9.17, 15) is 18.0 Å². The molecule has 1 spiro atoms. The Hall–Kier alpha value is -2.12. The van der Waals surface area contributed by atoms with Gasteiger partial charge in [-0.2, -0.15) is 0 Å². The third kappa shape index (κ3) is 6.19. The SMILES string of the molecule is CC(C)Oc1cc(OC(F)(F)F)cc(N2CCC3(CCC(CC(=O)O)CC3)CC2)c1. The molecule has 3 rings (SSSR count). The molecule has 1 heterocycles. The molecule has 1 aliphatic carbocycles. The smallest absolute Gasteiger partial charge is 0.491 e. The van der Waals surface area contributed by atoms with Crippen LogP contribution in [-0.4, -0.2) is 36.6 Å². The van der Waals surface area contributed by atoms with Crippen LogP contribution < -0.4 is 14.4 Å². The fourth-order valence-electron chi connectivity index (χ4n) is 4.75.